The molecule has 0 atom stereocenters. The van der Waals surface area contributed by atoms with Crippen LogP contribution in [-0.4, -0.2) is 33.1 Å². The summed E-state index contributed by atoms with van der Waals surface area (Å²) in [6.45, 7) is -0.0101. The minimum absolute atomic E-state index is 0.0101. The van der Waals surface area contributed by atoms with Crippen LogP contribution in [0.2, 0.25) is 0 Å². The summed E-state index contributed by atoms with van der Waals surface area (Å²) < 4.78 is 0. The maximum atomic E-state index is 11.5. The molecule has 1 aliphatic rings. The van der Waals surface area contributed by atoms with Crippen molar-refractivity contribution in [3.05, 3.63) is 24.3 Å². The SMILES string of the molecule is O=C(NC1(CO)CC1)c1ccncn1. The fourth-order valence-electron chi connectivity index (χ4n) is 1.20. The Morgan fingerprint density at radius 3 is 2.93 bits per heavy atom. The van der Waals surface area contributed by atoms with Gasteiger partial charge in [0.15, 0.2) is 0 Å². The van der Waals surface area contributed by atoms with Crippen LogP contribution < -0.4 is 5.32 Å². The molecule has 1 heterocycles. The first kappa shape index (κ1) is 9.08. The standard InChI is InChI=1S/C9H11N3O2/c13-5-9(2-3-9)12-8(14)7-1-4-10-6-11-7/h1,4,6,13H,2-3,5H2,(H,12,14). The Labute approximate surface area is 81.2 Å². The van der Waals surface area contributed by atoms with E-state index >= 15 is 0 Å². The van der Waals surface area contributed by atoms with Crippen molar-refractivity contribution in [3.8, 4) is 0 Å². The van der Waals surface area contributed by atoms with Gasteiger partial charge in [0.2, 0.25) is 0 Å². The molecule has 0 aliphatic heterocycles. The molecule has 1 amide bonds. The number of aliphatic hydroxyl groups is 1. The Hall–Kier alpha value is -1.49. The summed E-state index contributed by atoms with van der Waals surface area (Å²) >= 11 is 0. The lowest BCUT2D eigenvalue weighted by molar-refractivity contribution is 0.0901. The first-order valence-corrected chi connectivity index (χ1v) is 4.45. The van der Waals surface area contributed by atoms with Crippen LogP contribution in [0.1, 0.15) is 23.3 Å². The summed E-state index contributed by atoms with van der Waals surface area (Å²) in [7, 11) is 0. The van der Waals surface area contributed by atoms with E-state index in [0.29, 0.717) is 5.69 Å². The van der Waals surface area contributed by atoms with E-state index in [2.05, 4.69) is 15.3 Å². The maximum Gasteiger partial charge on any atom is 0.270 e. The highest BCUT2D eigenvalue weighted by atomic mass is 16.3. The molecule has 1 aliphatic carbocycles. The molecule has 0 bridgehead atoms. The molecule has 0 aromatic carbocycles. The van der Waals surface area contributed by atoms with Gasteiger partial charge in [-0.15, -0.1) is 0 Å². The number of amides is 1. The molecule has 74 valence electrons. The first-order chi connectivity index (χ1) is 6.76. The summed E-state index contributed by atoms with van der Waals surface area (Å²) in [6.07, 6.45) is 4.51. The van der Waals surface area contributed by atoms with E-state index in [9.17, 15) is 4.79 Å². The van der Waals surface area contributed by atoms with Gasteiger partial charge in [0.1, 0.15) is 12.0 Å². The molecule has 1 saturated carbocycles. The van der Waals surface area contributed by atoms with Crippen LogP contribution in [0.5, 0.6) is 0 Å². The summed E-state index contributed by atoms with van der Waals surface area (Å²) in [4.78, 5) is 19.1. The highest BCUT2D eigenvalue weighted by Crippen LogP contribution is 2.34. The Balaban J connectivity index is 2.03. The lowest BCUT2D eigenvalue weighted by Gasteiger charge is -2.13. The molecule has 2 N–H and O–H groups in total. The molecular formula is C9H11N3O2. The van der Waals surface area contributed by atoms with Gasteiger partial charge in [-0.3, -0.25) is 4.79 Å². The number of aromatic nitrogens is 2. The smallest absolute Gasteiger partial charge is 0.270 e. The molecule has 0 saturated heterocycles. The quantitative estimate of drug-likeness (QED) is 0.693. The second-order valence-corrected chi connectivity index (χ2v) is 3.49. The predicted molar refractivity (Wildman–Crippen MR) is 48.5 cm³/mol. The second kappa shape index (κ2) is 3.34. The fourth-order valence-corrected chi connectivity index (χ4v) is 1.20. The van der Waals surface area contributed by atoms with Gasteiger partial charge < -0.3 is 10.4 Å². The Kier molecular flexibility index (Phi) is 2.17. The highest BCUT2D eigenvalue weighted by Gasteiger charge is 2.43. The third-order valence-corrected chi connectivity index (χ3v) is 2.35. The maximum absolute atomic E-state index is 11.5. The van der Waals surface area contributed by atoms with Gasteiger partial charge >= 0.3 is 0 Å². The fraction of sp³-hybridized carbons (Fsp3) is 0.444. The van der Waals surface area contributed by atoms with E-state index in [-0.39, 0.29) is 18.1 Å². The first-order valence-electron chi connectivity index (χ1n) is 4.45. The largest absolute Gasteiger partial charge is 0.394 e. The number of carbonyl (C=O) groups excluding carboxylic acids is 1. The van der Waals surface area contributed by atoms with Gasteiger partial charge in [0, 0.05) is 6.20 Å². The van der Waals surface area contributed by atoms with Gasteiger partial charge in [-0.05, 0) is 18.9 Å². The third-order valence-electron chi connectivity index (χ3n) is 2.35. The molecule has 2 rings (SSSR count). The Morgan fingerprint density at radius 2 is 2.43 bits per heavy atom. The molecule has 0 unspecified atom stereocenters. The lowest BCUT2D eigenvalue weighted by Crippen LogP contribution is -2.39. The van der Waals surface area contributed by atoms with Crippen LogP contribution >= 0.6 is 0 Å². The number of hydrogen-bond donors (Lipinski definition) is 2. The van der Waals surface area contributed by atoms with Crippen molar-refractivity contribution >= 4 is 5.91 Å². The summed E-state index contributed by atoms with van der Waals surface area (Å²) in [5.74, 6) is -0.251. The van der Waals surface area contributed by atoms with E-state index in [1.165, 1.54) is 12.5 Å². The molecule has 1 aromatic rings. The normalized spacial score (nSPS) is 17.5. The van der Waals surface area contributed by atoms with E-state index < -0.39 is 0 Å². The number of nitrogens with one attached hydrogen (secondary N) is 1. The molecule has 1 fully saturated rings. The topological polar surface area (TPSA) is 75.1 Å². The van der Waals surface area contributed by atoms with Crippen molar-refractivity contribution in [1.82, 2.24) is 15.3 Å². The molecule has 0 spiro atoms. The molecule has 1 aromatic heterocycles. The van der Waals surface area contributed by atoms with Crippen LogP contribution in [0, 0.1) is 0 Å². The zero-order valence-corrected chi connectivity index (χ0v) is 7.60. The van der Waals surface area contributed by atoms with Gasteiger partial charge in [0.25, 0.3) is 5.91 Å². The van der Waals surface area contributed by atoms with Crippen LogP contribution in [0.4, 0.5) is 0 Å². The van der Waals surface area contributed by atoms with Crippen LogP contribution in [0.15, 0.2) is 18.6 Å². The number of carbonyl (C=O) groups is 1. The summed E-state index contributed by atoms with van der Waals surface area (Å²) in [6, 6.07) is 1.54. The lowest BCUT2D eigenvalue weighted by atomic mass is 10.2. The van der Waals surface area contributed by atoms with E-state index in [1.54, 1.807) is 6.07 Å². The Bertz CT molecular complexity index is 335. The Morgan fingerprint density at radius 1 is 1.64 bits per heavy atom. The number of hydrogen-bond acceptors (Lipinski definition) is 4. The predicted octanol–water partition coefficient (Wildman–Crippen LogP) is -0.269. The van der Waals surface area contributed by atoms with Gasteiger partial charge in [-0.25, -0.2) is 9.97 Å². The molecular weight excluding hydrogens is 182 g/mol. The van der Waals surface area contributed by atoms with E-state index in [1.807, 2.05) is 0 Å². The number of aliphatic hydroxyl groups excluding tert-OH is 1. The zero-order valence-electron chi connectivity index (χ0n) is 7.60. The van der Waals surface area contributed by atoms with Crippen molar-refractivity contribution in [2.75, 3.05) is 6.61 Å². The number of nitrogens with zero attached hydrogens (tertiary/aromatic N) is 2. The van der Waals surface area contributed by atoms with Gasteiger partial charge in [-0.2, -0.15) is 0 Å². The number of rotatable bonds is 3. The zero-order chi connectivity index (χ0) is 10.0. The van der Waals surface area contributed by atoms with Crippen molar-refractivity contribution in [2.24, 2.45) is 0 Å². The second-order valence-electron chi connectivity index (χ2n) is 3.49. The molecule has 5 heteroatoms. The minimum Gasteiger partial charge on any atom is -0.394 e. The average Bonchev–Trinajstić information content (AvgIpc) is 3.00. The molecule has 0 radical (unpaired) electrons. The van der Waals surface area contributed by atoms with E-state index in [4.69, 9.17) is 5.11 Å². The highest BCUT2D eigenvalue weighted by molar-refractivity contribution is 5.92. The molecule has 5 nitrogen and oxygen atoms in total. The average molecular weight is 193 g/mol. The minimum atomic E-state index is -0.387. The molecule has 14 heavy (non-hydrogen) atoms. The van der Waals surface area contributed by atoms with E-state index in [0.717, 1.165) is 12.8 Å². The van der Waals surface area contributed by atoms with Crippen molar-refractivity contribution in [2.45, 2.75) is 18.4 Å². The monoisotopic (exact) mass is 193 g/mol. The van der Waals surface area contributed by atoms with Crippen LogP contribution in [0.25, 0.3) is 0 Å². The van der Waals surface area contributed by atoms with Crippen molar-refractivity contribution < 1.29 is 9.90 Å². The van der Waals surface area contributed by atoms with Crippen LogP contribution in [0.3, 0.4) is 0 Å². The van der Waals surface area contributed by atoms with Gasteiger partial charge in [0.05, 0.1) is 12.1 Å². The van der Waals surface area contributed by atoms with Crippen molar-refractivity contribution in [1.29, 1.82) is 0 Å². The summed E-state index contributed by atoms with van der Waals surface area (Å²) in [5, 5.41) is 11.8. The van der Waals surface area contributed by atoms with Crippen LogP contribution in [-0.2, 0) is 0 Å². The summed E-state index contributed by atoms with van der Waals surface area (Å²) in [5.41, 5.74) is -0.0538. The van der Waals surface area contributed by atoms with Crippen molar-refractivity contribution in [3.63, 3.8) is 0 Å². The van der Waals surface area contributed by atoms with Gasteiger partial charge in [-0.1, -0.05) is 0 Å². The third kappa shape index (κ3) is 1.72.